The molecule has 0 saturated carbocycles. The van der Waals surface area contributed by atoms with Crippen molar-refractivity contribution in [2.75, 3.05) is 17.3 Å². The van der Waals surface area contributed by atoms with Gasteiger partial charge in [-0.25, -0.2) is 9.82 Å². The Bertz CT molecular complexity index is 723. The van der Waals surface area contributed by atoms with Gasteiger partial charge in [0.1, 0.15) is 5.75 Å². The molecule has 0 aromatic heterocycles. The van der Waals surface area contributed by atoms with Crippen molar-refractivity contribution >= 4 is 11.4 Å². The smallest absolute Gasteiger partial charge is 0.187 e. The van der Waals surface area contributed by atoms with E-state index in [2.05, 4.69) is 33.1 Å². The Kier molecular flexibility index (Phi) is 6.48. The number of nitrogens with two attached hydrogens (primary N) is 1. The van der Waals surface area contributed by atoms with E-state index in [0.717, 1.165) is 24.9 Å². The fourth-order valence-corrected chi connectivity index (χ4v) is 2.58. The van der Waals surface area contributed by atoms with Crippen molar-refractivity contribution < 1.29 is 9.13 Å². The Morgan fingerprint density at radius 2 is 1.81 bits per heavy atom. The van der Waals surface area contributed by atoms with Crippen LogP contribution in [0.5, 0.6) is 11.5 Å². The van der Waals surface area contributed by atoms with E-state index in [1.165, 1.54) is 6.07 Å². The average molecular weight is 359 g/mol. The molecule has 0 aliphatic heterocycles. The standard InChI is InChI=1S/C21H30FN3O/c1-6-7-12-25(24-21(3,4)5)19-14-16(23)13-18(22)20(19)26-17-10-8-15(2)9-11-17/h8-11,13-14,24H,6-7,12,23H2,1-5H3. The summed E-state index contributed by atoms with van der Waals surface area (Å²) in [5.41, 5.74) is 11.3. The molecule has 0 aliphatic carbocycles. The Morgan fingerprint density at radius 1 is 1.15 bits per heavy atom. The minimum absolute atomic E-state index is 0.177. The summed E-state index contributed by atoms with van der Waals surface area (Å²) in [7, 11) is 0. The van der Waals surface area contributed by atoms with Gasteiger partial charge in [-0.1, -0.05) is 31.0 Å². The first-order chi connectivity index (χ1) is 12.2. The zero-order chi connectivity index (χ0) is 19.3. The quantitative estimate of drug-likeness (QED) is 0.512. The van der Waals surface area contributed by atoms with Gasteiger partial charge in [0.25, 0.3) is 0 Å². The predicted molar refractivity (Wildman–Crippen MR) is 107 cm³/mol. The number of nitrogens with zero attached hydrogens (tertiary/aromatic N) is 1. The summed E-state index contributed by atoms with van der Waals surface area (Å²) in [6.45, 7) is 11.0. The Labute approximate surface area is 156 Å². The van der Waals surface area contributed by atoms with Gasteiger partial charge in [0.15, 0.2) is 11.6 Å². The van der Waals surface area contributed by atoms with Crippen LogP contribution in [0.4, 0.5) is 15.8 Å². The van der Waals surface area contributed by atoms with Crippen molar-refractivity contribution in [3.63, 3.8) is 0 Å². The number of ether oxygens (including phenoxy) is 1. The lowest BCUT2D eigenvalue weighted by Gasteiger charge is -2.34. The average Bonchev–Trinajstić information content (AvgIpc) is 2.54. The first-order valence-corrected chi connectivity index (χ1v) is 9.08. The SMILES string of the molecule is CCCCN(NC(C)(C)C)c1cc(N)cc(F)c1Oc1ccc(C)cc1. The summed E-state index contributed by atoms with van der Waals surface area (Å²) >= 11 is 0. The van der Waals surface area contributed by atoms with Crippen LogP contribution in [0.1, 0.15) is 46.1 Å². The molecule has 2 aromatic rings. The van der Waals surface area contributed by atoms with Gasteiger partial charge in [-0.3, -0.25) is 0 Å². The lowest BCUT2D eigenvalue weighted by molar-refractivity contribution is 0.392. The van der Waals surface area contributed by atoms with Gasteiger partial charge in [-0.15, -0.1) is 0 Å². The molecule has 2 rings (SSSR count). The second-order valence-corrected chi connectivity index (χ2v) is 7.63. The van der Waals surface area contributed by atoms with E-state index in [-0.39, 0.29) is 11.3 Å². The predicted octanol–water partition coefficient (Wildman–Crippen LogP) is 5.42. The highest BCUT2D eigenvalue weighted by molar-refractivity contribution is 5.66. The van der Waals surface area contributed by atoms with E-state index in [1.807, 2.05) is 36.2 Å². The summed E-state index contributed by atoms with van der Waals surface area (Å²) in [6, 6.07) is 10.6. The molecule has 2 aromatic carbocycles. The first kappa shape index (κ1) is 20.0. The molecule has 0 saturated heterocycles. The number of unbranched alkanes of at least 4 members (excludes halogenated alkanes) is 1. The molecule has 0 amide bonds. The van der Waals surface area contributed by atoms with Gasteiger partial charge in [0.2, 0.25) is 0 Å². The molecule has 4 nitrogen and oxygen atoms in total. The second-order valence-electron chi connectivity index (χ2n) is 7.63. The van der Waals surface area contributed by atoms with Crippen molar-refractivity contribution in [1.29, 1.82) is 0 Å². The third kappa shape index (κ3) is 5.63. The molecule has 0 heterocycles. The van der Waals surface area contributed by atoms with Gasteiger partial charge >= 0.3 is 0 Å². The number of anilines is 2. The van der Waals surface area contributed by atoms with Crippen LogP contribution in [-0.4, -0.2) is 12.1 Å². The normalized spacial score (nSPS) is 11.5. The second kappa shape index (κ2) is 8.41. The fourth-order valence-electron chi connectivity index (χ4n) is 2.58. The number of hydrogen-bond acceptors (Lipinski definition) is 4. The molecular weight excluding hydrogens is 329 g/mol. The van der Waals surface area contributed by atoms with Gasteiger partial charge in [0, 0.05) is 23.8 Å². The first-order valence-electron chi connectivity index (χ1n) is 9.08. The molecule has 26 heavy (non-hydrogen) atoms. The number of rotatable bonds is 7. The molecule has 142 valence electrons. The molecule has 0 aliphatic rings. The van der Waals surface area contributed by atoms with Crippen LogP contribution in [-0.2, 0) is 0 Å². The lowest BCUT2D eigenvalue weighted by atomic mass is 10.1. The third-order valence-electron chi connectivity index (χ3n) is 3.78. The molecule has 3 N–H and O–H groups in total. The number of aryl methyl sites for hydroxylation is 1. The zero-order valence-electron chi connectivity index (χ0n) is 16.4. The maximum atomic E-state index is 14.7. The molecule has 0 unspecified atom stereocenters. The molecule has 0 fully saturated rings. The fraction of sp³-hybridized carbons (Fsp3) is 0.429. The van der Waals surface area contributed by atoms with Crippen LogP contribution in [0.2, 0.25) is 0 Å². The monoisotopic (exact) mass is 359 g/mol. The highest BCUT2D eigenvalue weighted by Crippen LogP contribution is 2.37. The zero-order valence-corrected chi connectivity index (χ0v) is 16.4. The Morgan fingerprint density at radius 3 is 2.38 bits per heavy atom. The summed E-state index contributed by atoms with van der Waals surface area (Å²) in [5, 5.41) is 1.94. The van der Waals surface area contributed by atoms with E-state index in [4.69, 9.17) is 10.5 Å². The Balaban J connectivity index is 2.44. The highest BCUT2D eigenvalue weighted by atomic mass is 19.1. The van der Waals surface area contributed by atoms with Crippen LogP contribution in [0.3, 0.4) is 0 Å². The van der Waals surface area contributed by atoms with Gasteiger partial charge in [-0.05, 0) is 52.3 Å². The number of nitrogen functional groups attached to an aromatic ring is 1. The topological polar surface area (TPSA) is 50.5 Å². The summed E-state index contributed by atoms with van der Waals surface area (Å²) < 4.78 is 20.6. The van der Waals surface area contributed by atoms with Gasteiger partial charge in [-0.2, -0.15) is 0 Å². The van der Waals surface area contributed by atoms with Crippen LogP contribution in [0.25, 0.3) is 0 Å². The van der Waals surface area contributed by atoms with Crippen LogP contribution in [0.15, 0.2) is 36.4 Å². The number of hydrazine groups is 1. The number of benzene rings is 2. The van der Waals surface area contributed by atoms with Gasteiger partial charge < -0.3 is 15.5 Å². The molecule has 0 atom stereocenters. The van der Waals surface area contributed by atoms with E-state index in [0.29, 0.717) is 17.1 Å². The molecular formula is C21H30FN3O. The molecule has 0 spiro atoms. The van der Waals surface area contributed by atoms with E-state index < -0.39 is 5.82 Å². The van der Waals surface area contributed by atoms with Crippen LogP contribution in [0, 0.1) is 12.7 Å². The largest absolute Gasteiger partial charge is 0.452 e. The van der Waals surface area contributed by atoms with E-state index in [1.54, 1.807) is 6.07 Å². The third-order valence-corrected chi connectivity index (χ3v) is 3.78. The van der Waals surface area contributed by atoms with E-state index >= 15 is 0 Å². The maximum Gasteiger partial charge on any atom is 0.187 e. The van der Waals surface area contributed by atoms with Crippen molar-refractivity contribution in [2.45, 2.75) is 53.0 Å². The van der Waals surface area contributed by atoms with Crippen LogP contribution >= 0.6 is 0 Å². The highest BCUT2D eigenvalue weighted by Gasteiger charge is 2.22. The summed E-state index contributed by atoms with van der Waals surface area (Å²) in [4.78, 5) is 0. The summed E-state index contributed by atoms with van der Waals surface area (Å²) in [5.74, 6) is 0.292. The number of halogens is 1. The molecule has 0 radical (unpaired) electrons. The number of nitrogens with one attached hydrogen (secondary N) is 1. The Hall–Kier alpha value is -2.27. The molecule has 0 bridgehead atoms. The van der Waals surface area contributed by atoms with Gasteiger partial charge in [0.05, 0.1) is 5.69 Å². The van der Waals surface area contributed by atoms with E-state index in [9.17, 15) is 4.39 Å². The summed E-state index contributed by atoms with van der Waals surface area (Å²) in [6.07, 6.45) is 1.99. The van der Waals surface area contributed by atoms with Crippen LogP contribution < -0.4 is 20.9 Å². The van der Waals surface area contributed by atoms with Crippen molar-refractivity contribution in [2.24, 2.45) is 0 Å². The minimum Gasteiger partial charge on any atom is -0.452 e. The van der Waals surface area contributed by atoms with Crippen molar-refractivity contribution in [1.82, 2.24) is 5.43 Å². The minimum atomic E-state index is -0.474. The molecule has 5 heteroatoms. The maximum absolute atomic E-state index is 14.7. The number of hydrogen-bond donors (Lipinski definition) is 2. The van der Waals surface area contributed by atoms with Crippen molar-refractivity contribution in [3.8, 4) is 11.5 Å². The lowest BCUT2D eigenvalue weighted by Crippen LogP contribution is -2.50. The van der Waals surface area contributed by atoms with Crippen molar-refractivity contribution in [3.05, 3.63) is 47.8 Å².